The normalized spacial score (nSPS) is 15.4. The van der Waals surface area contributed by atoms with Crippen LogP contribution in [-0.4, -0.2) is 57.4 Å². The predicted octanol–water partition coefficient (Wildman–Crippen LogP) is 0.0262. The fraction of sp³-hybridized carbons (Fsp3) is 0.900. The first-order valence-corrected chi connectivity index (χ1v) is 5.45. The molecule has 0 aromatic heterocycles. The molecule has 1 aliphatic carbocycles. The second kappa shape index (κ2) is 6.63. The van der Waals surface area contributed by atoms with Gasteiger partial charge in [-0.05, 0) is 26.9 Å². The highest BCUT2D eigenvalue weighted by molar-refractivity contribution is 5.74. The van der Waals surface area contributed by atoms with E-state index in [0.717, 1.165) is 19.4 Å². The summed E-state index contributed by atoms with van der Waals surface area (Å²) in [5.41, 5.74) is 0. The number of rotatable bonds is 7. The molecule has 2 N–H and O–H groups in total. The van der Waals surface area contributed by atoms with Gasteiger partial charge >= 0.3 is 6.03 Å². The Kier molecular flexibility index (Phi) is 5.42. The summed E-state index contributed by atoms with van der Waals surface area (Å²) in [5.74, 6) is 0. The first-order chi connectivity index (χ1) is 7.18. The van der Waals surface area contributed by atoms with E-state index in [1.165, 1.54) is 0 Å². The number of urea groups is 1. The van der Waals surface area contributed by atoms with Crippen LogP contribution in [0, 0.1) is 0 Å². The summed E-state index contributed by atoms with van der Waals surface area (Å²) in [4.78, 5) is 13.2. The minimum Gasteiger partial charge on any atom is -0.378 e. The van der Waals surface area contributed by atoms with Gasteiger partial charge < -0.3 is 20.3 Å². The lowest BCUT2D eigenvalue weighted by atomic mass is 10.6. The molecule has 15 heavy (non-hydrogen) atoms. The van der Waals surface area contributed by atoms with Gasteiger partial charge in [0.15, 0.2) is 0 Å². The van der Waals surface area contributed by atoms with E-state index in [1.54, 1.807) is 0 Å². The molecule has 0 radical (unpaired) electrons. The lowest BCUT2D eigenvalue weighted by Crippen LogP contribution is -2.38. The minimum absolute atomic E-state index is 0.0753. The third kappa shape index (κ3) is 7.16. The number of nitrogens with one attached hydrogen (secondary N) is 2. The summed E-state index contributed by atoms with van der Waals surface area (Å²) in [6, 6.07) is 0.341. The van der Waals surface area contributed by atoms with Gasteiger partial charge in [0.05, 0.1) is 13.2 Å². The highest BCUT2D eigenvalue weighted by atomic mass is 16.5. The zero-order valence-corrected chi connectivity index (χ0v) is 9.58. The molecule has 0 aliphatic heterocycles. The van der Waals surface area contributed by atoms with E-state index in [4.69, 9.17) is 4.74 Å². The average molecular weight is 215 g/mol. The maximum absolute atomic E-state index is 11.1. The predicted molar refractivity (Wildman–Crippen MR) is 58.9 cm³/mol. The number of hydrogen-bond acceptors (Lipinski definition) is 3. The summed E-state index contributed by atoms with van der Waals surface area (Å²) >= 11 is 0. The molecule has 88 valence electrons. The van der Waals surface area contributed by atoms with Gasteiger partial charge in [-0.1, -0.05) is 0 Å². The van der Waals surface area contributed by atoms with Gasteiger partial charge in [-0.2, -0.15) is 0 Å². The Bertz CT molecular complexity index is 193. The zero-order chi connectivity index (χ0) is 11.1. The van der Waals surface area contributed by atoms with Crippen LogP contribution in [0.2, 0.25) is 0 Å². The van der Waals surface area contributed by atoms with E-state index in [0.29, 0.717) is 25.8 Å². The van der Waals surface area contributed by atoms with Crippen LogP contribution in [0.4, 0.5) is 4.79 Å². The number of carbonyl (C=O) groups excluding carboxylic acids is 1. The highest BCUT2D eigenvalue weighted by Gasteiger charge is 2.22. The van der Waals surface area contributed by atoms with Gasteiger partial charge in [0.25, 0.3) is 0 Å². The van der Waals surface area contributed by atoms with Crippen LogP contribution in [0.15, 0.2) is 0 Å². The van der Waals surface area contributed by atoms with Gasteiger partial charge in [0.1, 0.15) is 0 Å². The number of hydrogen-bond donors (Lipinski definition) is 2. The molecule has 5 nitrogen and oxygen atoms in total. The third-order valence-corrected chi connectivity index (χ3v) is 2.13. The largest absolute Gasteiger partial charge is 0.378 e. The summed E-state index contributed by atoms with van der Waals surface area (Å²) in [6.07, 6.45) is 2.24. The van der Waals surface area contributed by atoms with Gasteiger partial charge in [0, 0.05) is 19.1 Å². The highest BCUT2D eigenvalue weighted by Crippen LogP contribution is 2.17. The van der Waals surface area contributed by atoms with Crippen molar-refractivity contribution < 1.29 is 9.53 Å². The van der Waals surface area contributed by atoms with E-state index in [9.17, 15) is 4.79 Å². The zero-order valence-electron chi connectivity index (χ0n) is 9.58. The van der Waals surface area contributed by atoms with Crippen LogP contribution in [0.5, 0.6) is 0 Å². The van der Waals surface area contributed by atoms with Gasteiger partial charge in [0.2, 0.25) is 0 Å². The van der Waals surface area contributed by atoms with E-state index < -0.39 is 0 Å². The number of carbonyl (C=O) groups is 1. The first kappa shape index (κ1) is 12.3. The second-order valence-electron chi connectivity index (χ2n) is 4.09. The van der Waals surface area contributed by atoms with Crippen molar-refractivity contribution in [1.82, 2.24) is 15.5 Å². The van der Waals surface area contributed by atoms with Crippen molar-refractivity contribution in [2.45, 2.75) is 18.9 Å². The molecule has 0 aromatic carbocycles. The molecule has 5 heteroatoms. The Morgan fingerprint density at radius 2 is 2.13 bits per heavy atom. The van der Waals surface area contributed by atoms with Crippen LogP contribution in [0.25, 0.3) is 0 Å². The van der Waals surface area contributed by atoms with Gasteiger partial charge in [-0.15, -0.1) is 0 Å². The molecule has 0 unspecified atom stereocenters. The number of likely N-dealkylation sites (N-methyl/N-ethyl adjacent to an activating group) is 1. The van der Waals surface area contributed by atoms with Gasteiger partial charge in [-0.25, -0.2) is 4.79 Å². The Hall–Kier alpha value is -0.810. The van der Waals surface area contributed by atoms with E-state index in [1.807, 2.05) is 14.1 Å². The molecule has 0 aromatic rings. The molecule has 0 atom stereocenters. The van der Waals surface area contributed by atoms with Crippen LogP contribution >= 0.6 is 0 Å². The van der Waals surface area contributed by atoms with Crippen molar-refractivity contribution in [2.24, 2.45) is 0 Å². The number of amides is 2. The lowest BCUT2D eigenvalue weighted by molar-refractivity contribution is 0.120. The fourth-order valence-corrected chi connectivity index (χ4v) is 1.05. The van der Waals surface area contributed by atoms with E-state index in [2.05, 4.69) is 15.5 Å². The second-order valence-corrected chi connectivity index (χ2v) is 4.09. The summed E-state index contributed by atoms with van der Waals surface area (Å²) in [5, 5.41) is 5.60. The van der Waals surface area contributed by atoms with Crippen LogP contribution < -0.4 is 10.6 Å². The quantitative estimate of drug-likeness (QED) is 0.589. The Labute approximate surface area is 91.2 Å². The summed E-state index contributed by atoms with van der Waals surface area (Å²) in [6.45, 7) is 2.77. The Balaban J connectivity index is 1.81. The maximum Gasteiger partial charge on any atom is 0.315 e. The van der Waals surface area contributed by atoms with Crippen LogP contribution in [0.1, 0.15) is 12.8 Å². The lowest BCUT2D eigenvalue weighted by Gasteiger charge is -2.10. The minimum atomic E-state index is -0.0753. The molecule has 0 saturated heterocycles. The Morgan fingerprint density at radius 3 is 2.73 bits per heavy atom. The third-order valence-electron chi connectivity index (χ3n) is 2.13. The number of ether oxygens (including phenoxy) is 1. The molecule has 0 heterocycles. The molecule has 1 fully saturated rings. The van der Waals surface area contributed by atoms with Crippen molar-refractivity contribution in [3.63, 3.8) is 0 Å². The van der Waals surface area contributed by atoms with Crippen molar-refractivity contribution in [2.75, 3.05) is 40.4 Å². The molecule has 0 spiro atoms. The first-order valence-electron chi connectivity index (χ1n) is 5.45. The topological polar surface area (TPSA) is 53.6 Å². The van der Waals surface area contributed by atoms with Crippen LogP contribution in [0.3, 0.4) is 0 Å². The van der Waals surface area contributed by atoms with E-state index >= 15 is 0 Å². The van der Waals surface area contributed by atoms with Crippen molar-refractivity contribution >= 4 is 6.03 Å². The standard InChI is InChI=1S/C10H21N3O2/c1-13(2)6-8-15-7-5-11-10(14)12-9-3-4-9/h9H,3-8H2,1-2H3,(H2,11,12,14). The summed E-state index contributed by atoms with van der Waals surface area (Å²) < 4.78 is 5.33. The monoisotopic (exact) mass is 215 g/mol. The SMILES string of the molecule is CN(C)CCOCCNC(=O)NC1CC1. The van der Waals surface area contributed by atoms with Crippen molar-refractivity contribution in [3.05, 3.63) is 0 Å². The summed E-state index contributed by atoms with van der Waals surface area (Å²) in [7, 11) is 4.01. The van der Waals surface area contributed by atoms with Gasteiger partial charge in [-0.3, -0.25) is 0 Å². The molecular weight excluding hydrogens is 194 g/mol. The Morgan fingerprint density at radius 1 is 1.40 bits per heavy atom. The smallest absolute Gasteiger partial charge is 0.315 e. The molecule has 0 bridgehead atoms. The maximum atomic E-state index is 11.1. The molecule has 1 saturated carbocycles. The van der Waals surface area contributed by atoms with Crippen molar-refractivity contribution in [3.8, 4) is 0 Å². The van der Waals surface area contributed by atoms with E-state index in [-0.39, 0.29) is 6.03 Å². The van der Waals surface area contributed by atoms with Crippen molar-refractivity contribution in [1.29, 1.82) is 0 Å². The molecule has 1 aliphatic rings. The molecule has 1 rings (SSSR count). The average Bonchev–Trinajstić information content (AvgIpc) is 2.94. The molecular formula is C10H21N3O2. The fourth-order valence-electron chi connectivity index (χ4n) is 1.05. The molecule has 2 amide bonds. The van der Waals surface area contributed by atoms with Crippen LogP contribution in [-0.2, 0) is 4.74 Å². The number of nitrogens with zero attached hydrogens (tertiary/aromatic N) is 1.